The first-order valence-electron chi connectivity index (χ1n) is 10.1. The standard InChI is InChI=1S/C21H28N2O8S/c1-21(2,3)31-19(26)22-11-7-6-9-16(18(24)25)23-20(27)30-13-15-12-14-8-4-5-10-17(14)32(15,28)29/h4-5,8,10,12,16H,6-7,9,11,13H2,1-3H3,(H,22,26)(H,23,27)(H,24,25)/t16-/m0/s1. The van der Waals surface area contributed by atoms with E-state index in [1.165, 1.54) is 12.1 Å². The van der Waals surface area contributed by atoms with Gasteiger partial charge in [-0.05, 0) is 57.7 Å². The highest BCUT2D eigenvalue weighted by molar-refractivity contribution is 7.95. The molecule has 0 saturated heterocycles. The molecule has 0 saturated carbocycles. The summed E-state index contributed by atoms with van der Waals surface area (Å²) < 4.78 is 34.9. The second-order valence-corrected chi connectivity index (χ2v) is 10.2. The van der Waals surface area contributed by atoms with Gasteiger partial charge in [0, 0.05) is 6.54 Å². The van der Waals surface area contributed by atoms with Crippen LogP contribution >= 0.6 is 0 Å². The monoisotopic (exact) mass is 468 g/mol. The predicted molar refractivity (Wildman–Crippen MR) is 116 cm³/mol. The molecule has 176 valence electrons. The average Bonchev–Trinajstić information content (AvgIpc) is 2.94. The summed E-state index contributed by atoms with van der Waals surface area (Å²) in [5.41, 5.74) is -0.102. The van der Waals surface area contributed by atoms with Gasteiger partial charge in [0.2, 0.25) is 9.84 Å². The molecular weight excluding hydrogens is 440 g/mol. The van der Waals surface area contributed by atoms with Crippen molar-refractivity contribution in [3.8, 4) is 0 Å². The number of hydrogen-bond acceptors (Lipinski definition) is 7. The van der Waals surface area contributed by atoms with Gasteiger partial charge in [0.05, 0.1) is 9.80 Å². The zero-order chi connectivity index (χ0) is 23.9. The summed E-state index contributed by atoms with van der Waals surface area (Å²) in [7, 11) is -3.73. The fourth-order valence-electron chi connectivity index (χ4n) is 2.91. The summed E-state index contributed by atoms with van der Waals surface area (Å²) in [6.45, 7) is 5.01. The molecule has 0 fully saturated rings. The van der Waals surface area contributed by atoms with E-state index < -0.39 is 46.2 Å². The quantitative estimate of drug-likeness (QED) is 0.469. The molecule has 1 atom stereocenters. The van der Waals surface area contributed by atoms with Crippen LogP contribution in [-0.2, 0) is 24.1 Å². The molecule has 2 amide bonds. The first-order chi connectivity index (χ1) is 14.9. The number of unbranched alkanes of at least 4 members (excludes halogenated alkanes) is 1. The second kappa shape index (κ2) is 10.5. The SMILES string of the molecule is CC(C)(C)OC(=O)NCCCC[C@H](NC(=O)OCC1=Cc2ccccc2S1(=O)=O)C(=O)O. The van der Waals surface area contributed by atoms with Gasteiger partial charge < -0.3 is 25.2 Å². The number of hydrogen-bond donors (Lipinski definition) is 3. The lowest BCUT2D eigenvalue weighted by Gasteiger charge is -2.19. The molecule has 1 aromatic carbocycles. The van der Waals surface area contributed by atoms with Gasteiger partial charge in [-0.3, -0.25) is 0 Å². The Balaban J connectivity index is 1.76. The number of amides is 2. The highest BCUT2D eigenvalue weighted by Crippen LogP contribution is 2.32. The van der Waals surface area contributed by atoms with Crippen molar-refractivity contribution in [2.75, 3.05) is 13.2 Å². The lowest BCUT2D eigenvalue weighted by molar-refractivity contribution is -0.139. The van der Waals surface area contributed by atoms with Crippen LogP contribution in [0.15, 0.2) is 34.1 Å². The zero-order valence-corrected chi connectivity index (χ0v) is 19.0. The van der Waals surface area contributed by atoms with Crippen LogP contribution in [0.25, 0.3) is 6.08 Å². The number of carbonyl (C=O) groups excluding carboxylic acids is 2. The number of alkyl carbamates (subject to hydrolysis) is 2. The minimum Gasteiger partial charge on any atom is -0.480 e. The molecule has 1 aliphatic rings. The average molecular weight is 469 g/mol. The summed E-state index contributed by atoms with van der Waals surface area (Å²) in [4.78, 5) is 35.1. The fraction of sp³-hybridized carbons (Fsp3) is 0.476. The number of nitrogens with one attached hydrogen (secondary N) is 2. The third-order valence-electron chi connectivity index (χ3n) is 4.39. The van der Waals surface area contributed by atoms with Crippen molar-refractivity contribution in [2.45, 2.75) is 56.6 Å². The maximum Gasteiger partial charge on any atom is 0.408 e. The van der Waals surface area contributed by atoms with Gasteiger partial charge in [-0.15, -0.1) is 0 Å². The van der Waals surface area contributed by atoms with Crippen LogP contribution in [-0.4, -0.2) is 56.5 Å². The minimum absolute atomic E-state index is 0.0751. The van der Waals surface area contributed by atoms with Gasteiger partial charge in [0.25, 0.3) is 0 Å². The van der Waals surface area contributed by atoms with Gasteiger partial charge in [-0.1, -0.05) is 18.2 Å². The summed E-state index contributed by atoms with van der Waals surface area (Å²) in [6, 6.07) is 5.18. The molecule has 10 nitrogen and oxygen atoms in total. The van der Waals surface area contributed by atoms with Gasteiger partial charge in [0.1, 0.15) is 18.2 Å². The summed E-state index contributed by atoms with van der Waals surface area (Å²) in [6.07, 6.45) is 0.811. The summed E-state index contributed by atoms with van der Waals surface area (Å²) in [5, 5.41) is 14.1. The highest BCUT2D eigenvalue weighted by atomic mass is 32.2. The van der Waals surface area contributed by atoms with Crippen molar-refractivity contribution < 1.29 is 37.4 Å². The topological polar surface area (TPSA) is 148 Å². The maximum atomic E-state index is 12.4. The van der Waals surface area contributed by atoms with E-state index in [9.17, 15) is 27.9 Å². The van der Waals surface area contributed by atoms with E-state index in [0.29, 0.717) is 18.4 Å². The number of rotatable bonds is 9. The maximum absolute atomic E-state index is 12.4. The molecule has 1 aromatic rings. The molecule has 11 heteroatoms. The van der Waals surface area contributed by atoms with Crippen LogP contribution in [0.1, 0.15) is 45.6 Å². The summed E-state index contributed by atoms with van der Waals surface area (Å²) in [5.74, 6) is -1.25. The predicted octanol–water partition coefficient (Wildman–Crippen LogP) is 2.69. The zero-order valence-electron chi connectivity index (χ0n) is 18.2. The van der Waals surface area contributed by atoms with Crippen LogP contribution in [0.2, 0.25) is 0 Å². The number of aliphatic carboxylic acids is 1. The van der Waals surface area contributed by atoms with E-state index in [0.717, 1.165) is 0 Å². The molecule has 3 N–H and O–H groups in total. The smallest absolute Gasteiger partial charge is 0.408 e. The Morgan fingerprint density at radius 2 is 1.78 bits per heavy atom. The van der Waals surface area contributed by atoms with Crippen molar-refractivity contribution in [3.63, 3.8) is 0 Å². The number of ether oxygens (including phenoxy) is 2. The third kappa shape index (κ3) is 7.26. The van der Waals surface area contributed by atoms with Crippen molar-refractivity contribution in [2.24, 2.45) is 0 Å². The molecule has 2 rings (SSSR count). The Morgan fingerprint density at radius 1 is 1.09 bits per heavy atom. The minimum atomic E-state index is -3.73. The number of carbonyl (C=O) groups is 3. The lowest BCUT2D eigenvalue weighted by Crippen LogP contribution is -2.41. The Labute approximate surface area is 186 Å². The molecule has 32 heavy (non-hydrogen) atoms. The van der Waals surface area contributed by atoms with Gasteiger partial charge in [0.15, 0.2) is 0 Å². The molecule has 0 radical (unpaired) electrons. The largest absolute Gasteiger partial charge is 0.480 e. The first kappa shape index (κ1) is 25.2. The normalized spacial score (nSPS) is 15.2. The Kier molecular flexibility index (Phi) is 8.25. The second-order valence-electron chi connectivity index (χ2n) is 8.19. The van der Waals surface area contributed by atoms with Crippen molar-refractivity contribution in [3.05, 3.63) is 34.7 Å². The fourth-order valence-corrected chi connectivity index (χ4v) is 4.39. The van der Waals surface area contributed by atoms with Gasteiger partial charge in [-0.25, -0.2) is 22.8 Å². The first-order valence-corrected chi connectivity index (χ1v) is 11.6. The van der Waals surface area contributed by atoms with E-state index >= 15 is 0 Å². The molecule has 1 aliphatic heterocycles. The Morgan fingerprint density at radius 3 is 2.41 bits per heavy atom. The van der Waals surface area contributed by atoms with Crippen LogP contribution in [0.3, 0.4) is 0 Å². The van der Waals surface area contributed by atoms with Crippen LogP contribution in [0.5, 0.6) is 0 Å². The van der Waals surface area contributed by atoms with Gasteiger partial charge in [-0.2, -0.15) is 0 Å². The van der Waals surface area contributed by atoms with Crippen LogP contribution < -0.4 is 10.6 Å². The van der Waals surface area contributed by atoms with Crippen molar-refractivity contribution >= 4 is 34.1 Å². The van der Waals surface area contributed by atoms with E-state index in [1.807, 2.05) is 0 Å². The molecule has 0 aromatic heterocycles. The Bertz CT molecular complexity index is 995. The molecule has 0 aliphatic carbocycles. The number of carboxylic acids is 1. The molecular formula is C21H28N2O8S. The van der Waals surface area contributed by atoms with E-state index in [4.69, 9.17) is 9.47 Å². The Hall–Kier alpha value is -3.08. The van der Waals surface area contributed by atoms with Crippen molar-refractivity contribution in [1.82, 2.24) is 10.6 Å². The van der Waals surface area contributed by atoms with Crippen LogP contribution in [0.4, 0.5) is 9.59 Å². The number of fused-ring (bicyclic) bond motifs is 1. The molecule has 0 spiro atoms. The number of benzene rings is 1. The molecule has 0 bridgehead atoms. The van der Waals surface area contributed by atoms with Crippen LogP contribution in [0, 0.1) is 0 Å². The number of carboxylic acid groups (broad SMARTS) is 1. The molecule has 1 heterocycles. The van der Waals surface area contributed by atoms with Gasteiger partial charge >= 0.3 is 18.2 Å². The molecule has 0 unspecified atom stereocenters. The van der Waals surface area contributed by atoms with E-state index in [1.54, 1.807) is 39.0 Å². The van der Waals surface area contributed by atoms with E-state index in [-0.39, 0.29) is 22.8 Å². The lowest BCUT2D eigenvalue weighted by atomic mass is 10.1. The summed E-state index contributed by atoms with van der Waals surface area (Å²) >= 11 is 0. The number of sulfone groups is 1. The third-order valence-corrected chi connectivity index (χ3v) is 6.27. The van der Waals surface area contributed by atoms with E-state index in [2.05, 4.69) is 10.6 Å². The van der Waals surface area contributed by atoms with Crippen molar-refractivity contribution in [1.29, 1.82) is 0 Å². The highest BCUT2D eigenvalue weighted by Gasteiger charge is 2.30.